The van der Waals surface area contributed by atoms with Crippen LogP contribution in [0.2, 0.25) is 0 Å². The molecule has 2 aliphatic rings. The number of amides is 1. The van der Waals surface area contributed by atoms with Gasteiger partial charge in [0.25, 0.3) is 15.9 Å². The van der Waals surface area contributed by atoms with Crippen molar-refractivity contribution in [1.29, 1.82) is 0 Å². The molecule has 224 valence electrons. The second kappa shape index (κ2) is 11.3. The standard InChI is InChI=1S/C32H42N6O3S/c1-31(2,3)22-16-17-33-25(19-22)24-14-12-21-9-8-18-38(20-21)29-23(13-15-26(35-29)32(4,5)6)30(39)37-42(40,41)28-11-7-10-27(34-24)36-28/h7,10-11,13,15-17,19,21,24H,8-9,12,14,18,20H2,1-6H3,(H,34,36)(H,37,39)/t21-,24?/m1/s1. The number of aromatic nitrogens is 3. The Morgan fingerprint density at radius 3 is 2.45 bits per heavy atom. The Labute approximate surface area is 249 Å². The maximum absolute atomic E-state index is 13.5. The Hall–Kier alpha value is -3.53. The third kappa shape index (κ3) is 6.59. The molecule has 42 heavy (non-hydrogen) atoms. The first kappa shape index (κ1) is 29.9. The molecular weight excluding hydrogens is 548 g/mol. The fourth-order valence-corrected chi connectivity index (χ4v) is 6.57. The minimum absolute atomic E-state index is 0.0435. The number of rotatable bonds is 1. The maximum atomic E-state index is 13.5. The van der Waals surface area contributed by atoms with E-state index in [1.165, 1.54) is 11.6 Å². The number of sulfonamides is 1. The number of carbonyl (C=O) groups is 1. The molecule has 2 atom stereocenters. The lowest BCUT2D eigenvalue weighted by molar-refractivity contribution is 0.0981. The number of pyridine rings is 3. The van der Waals surface area contributed by atoms with E-state index >= 15 is 0 Å². The third-order valence-electron chi connectivity index (χ3n) is 8.12. The highest BCUT2D eigenvalue weighted by Crippen LogP contribution is 2.34. The first-order chi connectivity index (χ1) is 19.7. The predicted molar refractivity (Wildman–Crippen MR) is 165 cm³/mol. The van der Waals surface area contributed by atoms with Crippen LogP contribution in [0.25, 0.3) is 0 Å². The van der Waals surface area contributed by atoms with Crippen LogP contribution in [-0.4, -0.2) is 42.4 Å². The van der Waals surface area contributed by atoms with Crippen LogP contribution in [0.3, 0.4) is 0 Å². The largest absolute Gasteiger partial charge is 0.362 e. The van der Waals surface area contributed by atoms with Crippen LogP contribution in [0.5, 0.6) is 0 Å². The molecule has 3 aromatic rings. The Morgan fingerprint density at radius 1 is 0.929 bits per heavy atom. The number of carbonyl (C=O) groups excluding carboxylic acids is 1. The molecule has 0 spiro atoms. The Morgan fingerprint density at radius 2 is 1.71 bits per heavy atom. The summed E-state index contributed by atoms with van der Waals surface area (Å²) in [5, 5.41) is 3.24. The van der Waals surface area contributed by atoms with Gasteiger partial charge in [0.1, 0.15) is 11.6 Å². The summed E-state index contributed by atoms with van der Waals surface area (Å²) >= 11 is 0. The molecule has 4 bridgehead atoms. The van der Waals surface area contributed by atoms with E-state index in [0.717, 1.165) is 50.2 Å². The van der Waals surface area contributed by atoms with Crippen molar-refractivity contribution in [2.24, 2.45) is 5.92 Å². The van der Waals surface area contributed by atoms with Gasteiger partial charge in [-0.1, -0.05) is 47.6 Å². The van der Waals surface area contributed by atoms with Gasteiger partial charge >= 0.3 is 0 Å². The molecule has 0 aliphatic carbocycles. The molecule has 1 fully saturated rings. The van der Waals surface area contributed by atoms with Crippen molar-refractivity contribution in [3.05, 3.63) is 71.2 Å². The van der Waals surface area contributed by atoms with Crippen molar-refractivity contribution in [2.45, 2.75) is 89.1 Å². The zero-order valence-electron chi connectivity index (χ0n) is 25.4. The van der Waals surface area contributed by atoms with Crippen molar-refractivity contribution < 1.29 is 13.2 Å². The predicted octanol–water partition coefficient (Wildman–Crippen LogP) is 5.75. The van der Waals surface area contributed by atoms with Crippen LogP contribution in [0.4, 0.5) is 11.6 Å². The summed E-state index contributed by atoms with van der Waals surface area (Å²) in [4.78, 5) is 29.8. The summed E-state index contributed by atoms with van der Waals surface area (Å²) < 4.78 is 29.1. The van der Waals surface area contributed by atoms with E-state index in [1.54, 1.807) is 18.2 Å². The number of anilines is 2. The molecule has 9 nitrogen and oxygen atoms in total. The van der Waals surface area contributed by atoms with Gasteiger partial charge < -0.3 is 10.2 Å². The van der Waals surface area contributed by atoms with Gasteiger partial charge in [0, 0.05) is 30.4 Å². The average molecular weight is 591 g/mol. The number of piperidine rings is 1. The van der Waals surface area contributed by atoms with Gasteiger partial charge in [0.15, 0.2) is 5.03 Å². The van der Waals surface area contributed by atoms with Gasteiger partial charge in [-0.2, -0.15) is 8.42 Å². The summed E-state index contributed by atoms with van der Waals surface area (Å²) in [6.45, 7) is 14.2. The van der Waals surface area contributed by atoms with E-state index in [0.29, 0.717) is 17.6 Å². The molecule has 0 aromatic carbocycles. The molecule has 1 saturated heterocycles. The lowest BCUT2D eigenvalue weighted by Crippen LogP contribution is -2.39. The number of nitrogens with one attached hydrogen (secondary N) is 2. The minimum Gasteiger partial charge on any atom is -0.362 e. The topological polar surface area (TPSA) is 117 Å². The van der Waals surface area contributed by atoms with Crippen molar-refractivity contribution >= 4 is 27.6 Å². The van der Waals surface area contributed by atoms with Gasteiger partial charge in [-0.05, 0) is 79.0 Å². The Kier molecular flexibility index (Phi) is 8.04. The molecule has 0 saturated carbocycles. The molecule has 5 heterocycles. The highest BCUT2D eigenvalue weighted by Gasteiger charge is 2.31. The molecule has 1 unspecified atom stereocenters. The normalized spacial score (nSPS) is 21.3. The summed E-state index contributed by atoms with van der Waals surface area (Å²) in [7, 11) is -4.25. The number of hydrogen-bond acceptors (Lipinski definition) is 8. The van der Waals surface area contributed by atoms with Gasteiger partial charge in [-0.3, -0.25) is 9.78 Å². The quantitative estimate of drug-likeness (QED) is 0.368. The zero-order chi connectivity index (χ0) is 30.3. The number of nitrogens with zero attached hydrogens (tertiary/aromatic N) is 4. The molecule has 2 N–H and O–H groups in total. The molecule has 2 aliphatic heterocycles. The first-order valence-corrected chi connectivity index (χ1v) is 16.2. The smallest absolute Gasteiger partial charge is 0.281 e. The fourth-order valence-electron chi connectivity index (χ4n) is 5.63. The lowest BCUT2D eigenvalue weighted by Gasteiger charge is -2.36. The summed E-state index contributed by atoms with van der Waals surface area (Å²) in [6.07, 6.45) is 5.59. The first-order valence-electron chi connectivity index (χ1n) is 14.7. The fraction of sp³-hybridized carbons (Fsp3) is 0.500. The molecule has 0 radical (unpaired) electrons. The van der Waals surface area contributed by atoms with E-state index < -0.39 is 15.9 Å². The van der Waals surface area contributed by atoms with Gasteiger partial charge in [-0.15, -0.1) is 0 Å². The molecule has 5 rings (SSSR count). The van der Waals surface area contributed by atoms with E-state index in [4.69, 9.17) is 9.97 Å². The monoisotopic (exact) mass is 590 g/mol. The van der Waals surface area contributed by atoms with E-state index in [-0.39, 0.29) is 27.5 Å². The Balaban J connectivity index is 1.59. The van der Waals surface area contributed by atoms with E-state index in [9.17, 15) is 13.2 Å². The molecular formula is C32H42N6O3S. The SMILES string of the molecule is CC(C)(C)c1ccnc(C2CC[C@H]3CCCN(C3)c3nc(C(C)(C)C)ccc3C(=O)NS(=O)(=O)c3cccc(n3)N2)c1. The number of hydrogen-bond donors (Lipinski definition) is 2. The van der Waals surface area contributed by atoms with Gasteiger partial charge in [0.2, 0.25) is 0 Å². The molecule has 3 aromatic heterocycles. The van der Waals surface area contributed by atoms with Crippen LogP contribution in [0.15, 0.2) is 53.7 Å². The van der Waals surface area contributed by atoms with Crippen molar-refractivity contribution in [1.82, 2.24) is 19.7 Å². The lowest BCUT2D eigenvalue weighted by atomic mass is 9.86. The maximum Gasteiger partial charge on any atom is 0.281 e. The highest BCUT2D eigenvalue weighted by atomic mass is 32.2. The van der Waals surface area contributed by atoms with Crippen LogP contribution in [0, 0.1) is 5.92 Å². The van der Waals surface area contributed by atoms with Crippen LogP contribution in [-0.2, 0) is 20.9 Å². The third-order valence-corrected chi connectivity index (χ3v) is 9.35. The van der Waals surface area contributed by atoms with Gasteiger partial charge in [0.05, 0.1) is 17.3 Å². The zero-order valence-corrected chi connectivity index (χ0v) is 26.3. The van der Waals surface area contributed by atoms with Crippen LogP contribution >= 0.6 is 0 Å². The van der Waals surface area contributed by atoms with Crippen molar-refractivity contribution in [3.8, 4) is 0 Å². The summed E-state index contributed by atoms with van der Waals surface area (Å²) in [5.74, 6) is 0.607. The second-order valence-electron chi connectivity index (χ2n) is 13.6. The minimum atomic E-state index is -4.25. The average Bonchev–Trinajstić information content (AvgIpc) is 2.94. The molecule has 1 amide bonds. The summed E-state index contributed by atoms with van der Waals surface area (Å²) in [5.41, 5.74) is 2.89. The second-order valence-corrected chi connectivity index (χ2v) is 15.2. The van der Waals surface area contributed by atoms with Crippen LogP contribution < -0.4 is 14.9 Å². The Bertz CT molecular complexity index is 1580. The van der Waals surface area contributed by atoms with Crippen LogP contribution in [0.1, 0.15) is 101 Å². The highest BCUT2D eigenvalue weighted by molar-refractivity contribution is 7.90. The van der Waals surface area contributed by atoms with Crippen molar-refractivity contribution in [3.63, 3.8) is 0 Å². The van der Waals surface area contributed by atoms with Gasteiger partial charge in [-0.25, -0.2) is 14.7 Å². The van der Waals surface area contributed by atoms with Crippen molar-refractivity contribution in [2.75, 3.05) is 23.3 Å². The summed E-state index contributed by atoms with van der Waals surface area (Å²) in [6, 6.07) is 12.3. The molecule has 10 heteroatoms. The number of fused-ring (bicyclic) bond motifs is 6. The van der Waals surface area contributed by atoms with E-state index in [1.807, 2.05) is 18.3 Å². The van der Waals surface area contributed by atoms with E-state index in [2.05, 4.69) is 67.5 Å².